The van der Waals surface area contributed by atoms with Gasteiger partial charge >= 0.3 is 0 Å². The molecule has 3 aromatic carbocycles. The van der Waals surface area contributed by atoms with Gasteiger partial charge < -0.3 is 5.73 Å². The van der Waals surface area contributed by atoms with E-state index in [4.69, 9.17) is 5.73 Å². The molecule has 1 aliphatic rings. The second-order valence-electron chi connectivity index (χ2n) is 8.52. The van der Waals surface area contributed by atoms with Crippen molar-refractivity contribution in [1.82, 2.24) is 4.68 Å². The van der Waals surface area contributed by atoms with Crippen molar-refractivity contribution in [2.45, 2.75) is 19.3 Å². The number of rotatable bonds is 6. The number of para-hydroxylation sites is 1. The summed E-state index contributed by atoms with van der Waals surface area (Å²) in [5, 5.41) is 4.16. The highest BCUT2D eigenvalue weighted by atomic mass is 28.2. The number of fused-ring (bicyclic) bond motifs is 3. The smallest absolute Gasteiger partial charge is 0.0875 e. The molecule has 3 N–H and O–H groups in total. The standard InChI is InChI=1S/C28H29N3Si/c1-20-9-7-15-25-24-14-5-6-16-27(24)31(28(20)25)30-26(17-18-29)21-10-8-13-23(19-21)32-22-11-3-2-4-12-22/h2-8,10-17,19-20,30H,9,18,29,32H2,1H3/b26-17-. The fraction of sp³-hybridized carbons (Fsp3) is 0.143. The van der Waals surface area contributed by atoms with Crippen LogP contribution in [0.15, 0.2) is 91.0 Å². The van der Waals surface area contributed by atoms with E-state index in [1.54, 1.807) is 0 Å². The normalized spacial score (nSPS) is 16.1. The van der Waals surface area contributed by atoms with Crippen LogP contribution < -0.4 is 21.5 Å². The third-order valence-electron chi connectivity index (χ3n) is 6.24. The number of hydrogen-bond acceptors (Lipinski definition) is 2. The van der Waals surface area contributed by atoms with Crippen molar-refractivity contribution in [2.24, 2.45) is 5.73 Å². The summed E-state index contributed by atoms with van der Waals surface area (Å²) in [4.78, 5) is 0. The minimum Gasteiger partial charge on any atom is -0.327 e. The van der Waals surface area contributed by atoms with Crippen molar-refractivity contribution < 1.29 is 0 Å². The first-order valence-electron chi connectivity index (χ1n) is 11.3. The van der Waals surface area contributed by atoms with Crippen molar-refractivity contribution >= 4 is 42.6 Å². The van der Waals surface area contributed by atoms with Gasteiger partial charge in [-0.1, -0.05) is 102 Å². The summed E-state index contributed by atoms with van der Waals surface area (Å²) in [6.45, 7) is 2.79. The van der Waals surface area contributed by atoms with Crippen LogP contribution >= 0.6 is 0 Å². The van der Waals surface area contributed by atoms with Crippen molar-refractivity contribution in [3.8, 4) is 0 Å². The van der Waals surface area contributed by atoms with Crippen LogP contribution in [0.2, 0.25) is 0 Å². The Morgan fingerprint density at radius 1 is 1.03 bits per heavy atom. The molecule has 1 unspecified atom stereocenters. The molecule has 1 aliphatic carbocycles. The van der Waals surface area contributed by atoms with E-state index in [0.717, 1.165) is 12.1 Å². The molecule has 0 fully saturated rings. The lowest BCUT2D eigenvalue weighted by atomic mass is 9.93. The van der Waals surface area contributed by atoms with E-state index in [1.807, 2.05) is 0 Å². The fourth-order valence-corrected chi connectivity index (χ4v) is 6.27. The second-order valence-corrected chi connectivity index (χ2v) is 10.5. The largest absolute Gasteiger partial charge is 0.327 e. The summed E-state index contributed by atoms with van der Waals surface area (Å²) < 4.78 is 2.28. The summed E-state index contributed by atoms with van der Waals surface area (Å²) in [5.74, 6) is 0.450. The van der Waals surface area contributed by atoms with Gasteiger partial charge in [-0.3, -0.25) is 10.1 Å². The van der Waals surface area contributed by atoms with E-state index < -0.39 is 9.52 Å². The van der Waals surface area contributed by atoms with Crippen LogP contribution in [0.25, 0.3) is 22.7 Å². The number of nitrogens with one attached hydrogen (secondary N) is 1. The van der Waals surface area contributed by atoms with Gasteiger partial charge in [0.2, 0.25) is 0 Å². The minimum atomic E-state index is -0.519. The van der Waals surface area contributed by atoms with Crippen LogP contribution in [-0.2, 0) is 0 Å². The number of hydrogen-bond donors (Lipinski definition) is 2. The molecular formula is C28H29N3Si. The predicted molar refractivity (Wildman–Crippen MR) is 141 cm³/mol. The molecule has 1 heterocycles. The van der Waals surface area contributed by atoms with Gasteiger partial charge in [-0.2, -0.15) is 0 Å². The van der Waals surface area contributed by atoms with Crippen molar-refractivity contribution in [3.05, 3.63) is 108 Å². The van der Waals surface area contributed by atoms with E-state index in [-0.39, 0.29) is 0 Å². The molecule has 0 bridgehead atoms. The van der Waals surface area contributed by atoms with Gasteiger partial charge in [-0.25, -0.2) is 0 Å². The van der Waals surface area contributed by atoms with Gasteiger partial charge in [0.1, 0.15) is 0 Å². The lowest BCUT2D eigenvalue weighted by Gasteiger charge is -2.22. The third kappa shape index (κ3) is 3.95. The zero-order chi connectivity index (χ0) is 21.9. The summed E-state index contributed by atoms with van der Waals surface area (Å²) in [6, 6.07) is 28.4. The maximum Gasteiger partial charge on any atom is 0.0875 e. The average molecular weight is 436 g/mol. The fourth-order valence-electron chi connectivity index (χ4n) is 4.71. The number of nitrogens with zero attached hydrogens (tertiary/aromatic N) is 1. The summed E-state index contributed by atoms with van der Waals surface area (Å²) in [5.41, 5.74) is 15.9. The van der Waals surface area contributed by atoms with Gasteiger partial charge in [0.25, 0.3) is 0 Å². The second kappa shape index (κ2) is 9.03. The molecule has 5 rings (SSSR count). The van der Waals surface area contributed by atoms with Crippen LogP contribution in [-0.4, -0.2) is 20.7 Å². The van der Waals surface area contributed by atoms with E-state index in [2.05, 4.69) is 114 Å². The lowest BCUT2D eigenvalue weighted by Crippen LogP contribution is -2.27. The molecule has 0 radical (unpaired) electrons. The highest BCUT2D eigenvalue weighted by Crippen LogP contribution is 2.37. The first-order valence-corrected chi connectivity index (χ1v) is 12.8. The SMILES string of the molecule is CC1CC=Cc2c1n(N/C(=C\CN)c1cccc([SiH2]c3ccccc3)c1)c1ccccc21. The first-order chi connectivity index (χ1) is 15.7. The van der Waals surface area contributed by atoms with Crippen molar-refractivity contribution in [3.63, 3.8) is 0 Å². The predicted octanol–water partition coefficient (Wildman–Crippen LogP) is 3.82. The van der Waals surface area contributed by atoms with Gasteiger partial charge in [0.05, 0.1) is 26.4 Å². The molecule has 0 aliphatic heterocycles. The van der Waals surface area contributed by atoms with E-state index in [0.29, 0.717) is 12.5 Å². The van der Waals surface area contributed by atoms with Gasteiger partial charge in [0.15, 0.2) is 0 Å². The Labute approximate surface area is 192 Å². The van der Waals surface area contributed by atoms with Crippen LogP contribution in [0, 0.1) is 0 Å². The molecule has 0 saturated carbocycles. The third-order valence-corrected chi connectivity index (χ3v) is 7.96. The zero-order valence-electron chi connectivity index (χ0n) is 18.5. The Kier molecular flexibility index (Phi) is 5.80. The molecule has 4 aromatic rings. The maximum absolute atomic E-state index is 6.01. The minimum absolute atomic E-state index is 0.450. The molecule has 1 aromatic heterocycles. The highest BCUT2D eigenvalue weighted by molar-refractivity contribution is 6.67. The van der Waals surface area contributed by atoms with Crippen molar-refractivity contribution in [2.75, 3.05) is 12.0 Å². The number of benzene rings is 3. The zero-order valence-corrected chi connectivity index (χ0v) is 19.9. The lowest BCUT2D eigenvalue weighted by molar-refractivity contribution is 0.708. The van der Waals surface area contributed by atoms with E-state index >= 15 is 0 Å². The molecule has 1 atom stereocenters. The maximum atomic E-state index is 6.01. The number of nitrogens with two attached hydrogens (primary N) is 1. The first kappa shape index (κ1) is 20.6. The van der Waals surface area contributed by atoms with Crippen LogP contribution in [0.5, 0.6) is 0 Å². The van der Waals surface area contributed by atoms with Gasteiger partial charge in [-0.15, -0.1) is 0 Å². The molecule has 4 heteroatoms. The van der Waals surface area contributed by atoms with Crippen LogP contribution in [0.1, 0.15) is 36.1 Å². The Morgan fingerprint density at radius 2 is 1.81 bits per heavy atom. The molecule has 0 saturated heterocycles. The molecular weight excluding hydrogens is 406 g/mol. The summed E-state index contributed by atoms with van der Waals surface area (Å²) >= 11 is 0. The Morgan fingerprint density at radius 3 is 2.66 bits per heavy atom. The highest BCUT2D eigenvalue weighted by Gasteiger charge is 2.23. The quantitative estimate of drug-likeness (QED) is 0.452. The Bertz CT molecular complexity index is 1300. The number of aromatic nitrogens is 1. The number of allylic oxidation sites excluding steroid dienone is 1. The van der Waals surface area contributed by atoms with Gasteiger partial charge in [-0.05, 0) is 24.1 Å². The average Bonchev–Trinajstić information content (AvgIpc) is 3.15. The Balaban J connectivity index is 1.54. The van der Waals surface area contributed by atoms with E-state index in [9.17, 15) is 0 Å². The van der Waals surface area contributed by atoms with E-state index in [1.165, 1.54) is 38.1 Å². The molecule has 32 heavy (non-hydrogen) atoms. The van der Waals surface area contributed by atoms with Crippen molar-refractivity contribution in [1.29, 1.82) is 0 Å². The summed E-state index contributed by atoms with van der Waals surface area (Å²) in [6.07, 6.45) is 7.71. The topological polar surface area (TPSA) is 43.0 Å². The van der Waals surface area contributed by atoms with Crippen LogP contribution in [0.4, 0.5) is 0 Å². The molecule has 0 amide bonds. The molecule has 0 spiro atoms. The summed E-state index contributed by atoms with van der Waals surface area (Å²) in [7, 11) is -0.519. The monoisotopic (exact) mass is 435 g/mol. The molecule has 3 nitrogen and oxygen atoms in total. The van der Waals surface area contributed by atoms with Gasteiger partial charge in [0, 0.05) is 23.4 Å². The van der Waals surface area contributed by atoms with Crippen LogP contribution in [0.3, 0.4) is 0 Å². The molecule has 160 valence electrons. The Hall–Kier alpha value is -3.34.